The second-order valence-corrected chi connectivity index (χ2v) is 6.73. The minimum atomic E-state index is -0.511. The fourth-order valence-electron chi connectivity index (χ4n) is 3.13. The fourth-order valence-corrected chi connectivity index (χ4v) is 3.13. The largest absolute Gasteiger partial charge is 0.398 e. The van der Waals surface area contributed by atoms with E-state index in [4.69, 9.17) is 21.6 Å². The summed E-state index contributed by atoms with van der Waals surface area (Å²) in [5, 5.41) is 10.9. The van der Waals surface area contributed by atoms with Crippen LogP contribution >= 0.6 is 0 Å². The number of benzene rings is 2. The minimum absolute atomic E-state index is 0.358. The van der Waals surface area contributed by atoms with E-state index in [2.05, 4.69) is 15.3 Å². The van der Waals surface area contributed by atoms with Crippen LogP contribution in [0.2, 0.25) is 0 Å². The van der Waals surface area contributed by atoms with Crippen molar-refractivity contribution in [3.05, 3.63) is 65.9 Å². The highest BCUT2D eigenvalue weighted by molar-refractivity contribution is 5.94. The molecule has 1 amide bonds. The van der Waals surface area contributed by atoms with Crippen LogP contribution in [0.4, 0.5) is 28.8 Å². The zero-order valence-corrected chi connectivity index (χ0v) is 17.2. The number of ether oxygens (including phenoxy) is 1. The summed E-state index contributed by atoms with van der Waals surface area (Å²) in [6, 6.07) is 14.1. The van der Waals surface area contributed by atoms with Gasteiger partial charge in [-0.25, -0.2) is 4.98 Å². The van der Waals surface area contributed by atoms with Crippen LogP contribution in [0.5, 0.6) is 0 Å². The monoisotopic (exact) mass is 419 g/mol. The van der Waals surface area contributed by atoms with Gasteiger partial charge >= 0.3 is 0 Å². The molecule has 0 saturated heterocycles. The Morgan fingerprint density at radius 2 is 2.06 bits per heavy atom. The second kappa shape index (κ2) is 10.2. The van der Waals surface area contributed by atoms with Gasteiger partial charge in [0.1, 0.15) is 5.82 Å². The lowest BCUT2D eigenvalue weighted by atomic mass is 10.1. The van der Waals surface area contributed by atoms with Crippen molar-refractivity contribution < 1.29 is 9.53 Å². The van der Waals surface area contributed by atoms with Gasteiger partial charge in [0, 0.05) is 55.2 Å². The Balaban J connectivity index is 1.95. The van der Waals surface area contributed by atoms with Crippen LogP contribution in [-0.4, -0.2) is 42.4 Å². The van der Waals surface area contributed by atoms with E-state index in [1.165, 1.54) is 6.21 Å². The van der Waals surface area contributed by atoms with Gasteiger partial charge in [-0.15, -0.1) is 0 Å². The van der Waals surface area contributed by atoms with Crippen molar-refractivity contribution in [3.63, 3.8) is 0 Å². The number of nitrogens with two attached hydrogens (primary N) is 2. The molecule has 3 aromatic rings. The molecule has 0 aliphatic rings. The molecule has 6 N–H and O–H groups in total. The number of nitrogens with one attached hydrogen (secondary N) is 2. The van der Waals surface area contributed by atoms with E-state index < -0.39 is 5.91 Å². The SMILES string of the molecule is COCCCN(c1ccnc(Nc2cccc(C(N)=O)c2)n1)c1cccc(N)c1C=N. The van der Waals surface area contributed by atoms with E-state index in [0.717, 1.165) is 12.1 Å². The van der Waals surface area contributed by atoms with Crippen molar-refractivity contribution in [1.29, 1.82) is 5.41 Å². The molecule has 0 radical (unpaired) electrons. The van der Waals surface area contributed by atoms with Crippen molar-refractivity contribution in [3.8, 4) is 0 Å². The molecule has 1 aromatic heterocycles. The predicted molar refractivity (Wildman–Crippen MR) is 123 cm³/mol. The molecule has 0 fully saturated rings. The lowest BCUT2D eigenvalue weighted by Gasteiger charge is -2.26. The van der Waals surface area contributed by atoms with Crippen LogP contribution in [0.1, 0.15) is 22.3 Å². The number of nitrogen functional groups attached to an aromatic ring is 1. The van der Waals surface area contributed by atoms with Gasteiger partial charge in [0.05, 0.1) is 5.69 Å². The Kier molecular flexibility index (Phi) is 7.13. The van der Waals surface area contributed by atoms with Crippen LogP contribution in [0, 0.1) is 5.41 Å². The van der Waals surface area contributed by atoms with E-state index >= 15 is 0 Å². The Bertz CT molecular complexity index is 1070. The average molecular weight is 419 g/mol. The number of nitrogens with zero attached hydrogens (tertiary/aromatic N) is 3. The second-order valence-electron chi connectivity index (χ2n) is 6.73. The maximum absolute atomic E-state index is 11.4. The van der Waals surface area contributed by atoms with Crippen molar-refractivity contribution >= 4 is 41.0 Å². The zero-order chi connectivity index (χ0) is 22.2. The van der Waals surface area contributed by atoms with Crippen LogP contribution < -0.4 is 21.7 Å². The highest BCUT2D eigenvalue weighted by atomic mass is 16.5. The number of carbonyl (C=O) groups excluding carboxylic acids is 1. The Hall–Kier alpha value is -3.98. The predicted octanol–water partition coefficient (Wildman–Crippen LogP) is 3.07. The summed E-state index contributed by atoms with van der Waals surface area (Å²) in [5.74, 6) is 0.480. The molecule has 0 atom stereocenters. The first-order valence-electron chi connectivity index (χ1n) is 9.69. The van der Waals surface area contributed by atoms with E-state index in [0.29, 0.717) is 47.4 Å². The molecule has 3 rings (SSSR count). The molecule has 0 spiro atoms. The van der Waals surface area contributed by atoms with Gasteiger partial charge in [-0.3, -0.25) is 4.79 Å². The number of hydrogen-bond donors (Lipinski definition) is 4. The molecular formula is C22H25N7O2. The summed E-state index contributed by atoms with van der Waals surface area (Å²) in [5.41, 5.74) is 14.4. The molecule has 0 saturated carbocycles. The third-order valence-electron chi connectivity index (χ3n) is 4.60. The molecular weight excluding hydrogens is 394 g/mol. The van der Waals surface area contributed by atoms with Gasteiger partial charge in [-0.05, 0) is 42.8 Å². The van der Waals surface area contributed by atoms with Crippen LogP contribution in [-0.2, 0) is 4.74 Å². The third kappa shape index (κ3) is 5.34. The zero-order valence-electron chi connectivity index (χ0n) is 17.2. The number of primary amides is 1. The standard InChI is InChI=1S/C22H25N7O2/c1-31-12-4-11-29(19-8-3-7-18(24)17(19)14-23)20-9-10-26-22(28-20)27-16-6-2-5-15(13-16)21(25)30/h2-3,5-10,13-14,23H,4,11-12,24H2,1H3,(H2,25,30)(H,26,27,28). The molecule has 9 nitrogen and oxygen atoms in total. The van der Waals surface area contributed by atoms with E-state index in [1.807, 2.05) is 17.0 Å². The van der Waals surface area contributed by atoms with E-state index in [9.17, 15) is 4.79 Å². The lowest BCUT2D eigenvalue weighted by molar-refractivity contribution is 0.100. The minimum Gasteiger partial charge on any atom is -0.398 e. The molecule has 1 heterocycles. The van der Waals surface area contributed by atoms with E-state index in [1.54, 1.807) is 49.7 Å². The number of aromatic nitrogens is 2. The Morgan fingerprint density at radius 1 is 1.26 bits per heavy atom. The third-order valence-corrected chi connectivity index (χ3v) is 4.60. The number of methoxy groups -OCH3 is 1. The molecule has 9 heteroatoms. The van der Waals surface area contributed by atoms with Crippen molar-refractivity contribution in [2.24, 2.45) is 5.73 Å². The van der Waals surface area contributed by atoms with Crippen LogP contribution in [0.3, 0.4) is 0 Å². The topological polar surface area (TPSA) is 143 Å². The number of amides is 1. The van der Waals surface area contributed by atoms with Crippen molar-refractivity contribution in [1.82, 2.24) is 9.97 Å². The lowest BCUT2D eigenvalue weighted by Crippen LogP contribution is -2.23. The summed E-state index contributed by atoms with van der Waals surface area (Å²) < 4.78 is 5.20. The van der Waals surface area contributed by atoms with Gasteiger partial charge < -0.3 is 31.8 Å². The molecule has 31 heavy (non-hydrogen) atoms. The van der Waals surface area contributed by atoms with E-state index in [-0.39, 0.29) is 0 Å². The van der Waals surface area contributed by atoms with Gasteiger partial charge in [-0.2, -0.15) is 4.98 Å². The first kappa shape index (κ1) is 21.7. The number of carbonyl (C=O) groups is 1. The van der Waals surface area contributed by atoms with Gasteiger partial charge in [0.25, 0.3) is 0 Å². The maximum Gasteiger partial charge on any atom is 0.248 e. The molecule has 160 valence electrons. The summed E-state index contributed by atoms with van der Waals surface area (Å²) >= 11 is 0. The van der Waals surface area contributed by atoms with Crippen molar-refractivity contribution in [2.45, 2.75) is 6.42 Å². The summed E-state index contributed by atoms with van der Waals surface area (Å²) in [4.78, 5) is 22.3. The molecule has 0 aliphatic carbocycles. The Labute approximate surface area is 180 Å². The quantitative estimate of drug-likeness (QED) is 0.225. The summed E-state index contributed by atoms with van der Waals surface area (Å²) in [7, 11) is 1.65. The summed E-state index contributed by atoms with van der Waals surface area (Å²) in [6.07, 6.45) is 3.63. The highest BCUT2D eigenvalue weighted by Crippen LogP contribution is 2.30. The molecule has 0 unspecified atom stereocenters. The summed E-state index contributed by atoms with van der Waals surface area (Å²) in [6.45, 7) is 1.18. The maximum atomic E-state index is 11.4. The number of rotatable bonds is 10. The fraction of sp³-hybridized carbons (Fsp3) is 0.182. The highest BCUT2D eigenvalue weighted by Gasteiger charge is 2.16. The van der Waals surface area contributed by atoms with Crippen LogP contribution in [0.15, 0.2) is 54.7 Å². The molecule has 0 bridgehead atoms. The van der Waals surface area contributed by atoms with Crippen molar-refractivity contribution in [2.75, 3.05) is 36.2 Å². The van der Waals surface area contributed by atoms with Gasteiger partial charge in [-0.1, -0.05) is 12.1 Å². The van der Waals surface area contributed by atoms with Gasteiger partial charge in [0.15, 0.2) is 0 Å². The Morgan fingerprint density at radius 3 is 2.81 bits per heavy atom. The van der Waals surface area contributed by atoms with Crippen LogP contribution in [0.25, 0.3) is 0 Å². The average Bonchev–Trinajstić information content (AvgIpc) is 2.77. The number of anilines is 5. The first-order chi connectivity index (χ1) is 15.0. The van der Waals surface area contributed by atoms with Gasteiger partial charge in [0.2, 0.25) is 11.9 Å². The molecule has 0 aliphatic heterocycles. The molecule has 2 aromatic carbocycles. The first-order valence-corrected chi connectivity index (χ1v) is 9.69. The number of hydrogen-bond acceptors (Lipinski definition) is 8. The normalized spacial score (nSPS) is 10.5. The smallest absolute Gasteiger partial charge is 0.248 e.